The predicted molar refractivity (Wildman–Crippen MR) is 114 cm³/mol. The van der Waals surface area contributed by atoms with E-state index in [4.69, 9.17) is 19.4 Å². The summed E-state index contributed by atoms with van der Waals surface area (Å²) >= 11 is 0. The number of hydrogen-bond acceptors (Lipinski definition) is 7. The lowest BCUT2D eigenvalue weighted by Crippen LogP contribution is -2.58. The molecule has 9 nitrogen and oxygen atoms in total. The van der Waals surface area contributed by atoms with Crippen molar-refractivity contribution in [3.8, 4) is 5.75 Å². The second-order valence-corrected chi connectivity index (χ2v) is 7.98. The van der Waals surface area contributed by atoms with Gasteiger partial charge >= 0.3 is 12.1 Å². The van der Waals surface area contributed by atoms with Gasteiger partial charge in [0, 0.05) is 19.6 Å². The first-order valence-electron chi connectivity index (χ1n) is 10.5. The summed E-state index contributed by atoms with van der Waals surface area (Å²) in [6, 6.07) is 8.21. The summed E-state index contributed by atoms with van der Waals surface area (Å²) in [5.41, 5.74) is 1.74. The Hall–Kier alpha value is -3.25. The van der Waals surface area contributed by atoms with Crippen molar-refractivity contribution >= 4 is 17.6 Å². The van der Waals surface area contributed by atoms with Gasteiger partial charge in [-0.1, -0.05) is 12.1 Å². The third-order valence-electron chi connectivity index (χ3n) is 5.68. The topological polar surface area (TPSA) is 105 Å². The number of anilines is 1. The van der Waals surface area contributed by atoms with E-state index >= 15 is 0 Å². The van der Waals surface area contributed by atoms with Crippen molar-refractivity contribution in [2.45, 2.75) is 31.2 Å². The minimum Gasteiger partial charge on any atom is -0.497 e. The van der Waals surface area contributed by atoms with E-state index < -0.39 is 12.1 Å². The number of hydrogen-bond donors (Lipinski definition) is 1. The summed E-state index contributed by atoms with van der Waals surface area (Å²) in [5, 5.41) is 7.12. The minimum atomic E-state index is -5.08. The van der Waals surface area contributed by atoms with Gasteiger partial charge in [-0.15, -0.1) is 0 Å². The van der Waals surface area contributed by atoms with Gasteiger partial charge in [-0.3, -0.25) is 9.69 Å². The maximum absolute atomic E-state index is 12.3. The van der Waals surface area contributed by atoms with Crippen LogP contribution in [-0.4, -0.2) is 77.0 Å². The third kappa shape index (κ3) is 6.64. The van der Waals surface area contributed by atoms with Crippen molar-refractivity contribution in [2.24, 2.45) is 0 Å². The minimum absolute atomic E-state index is 0.0314. The van der Waals surface area contributed by atoms with Crippen LogP contribution in [0.5, 0.6) is 5.75 Å². The first kappa shape index (κ1) is 25.4. The smallest absolute Gasteiger partial charge is 0.490 e. The highest BCUT2D eigenvalue weighted by molar-refractivity contribution is 5.94. The van der Waals surface area contributed by atoms with Crippen LogP contribution in [0.15, 0.2) is 43.0 Å². The highest BCUT2D eigenvalue weighted by Gasteiger charge is 2.42. The van der Waals surface area contributed by atoms with Crippen LogP contribution in [0, 0.1) is 0 Å². The van der Waals surface area contributed by atoms with Gasteiger partial charge in [0.1, 0.15) is 18.7 Å². The second kappa shape index (κ2) is 10.8. The number of alkyl halides is 3. The monoisotopic (exact) mass is 482 g/mol. The molecule has 2 fully saturated rings. The van der Waals surface area contributed by atoms with Crippen LogP contribution in [0.2, 0.25) is 0 Å². The Labute approximate surface area is 194 Å². The van der Waals surface area contributed by atoms with Crippen LogP contribution < -0.4 is 9.64 Å². The average Bonchev–Trinajstić information content (AvgIpc) is 2.83. The van der Waals surface area contributed by atoms with Gasteiger partial charge in [-0.05, 0) is 30.5 Å². The largest absolute Gasteiger partial charge is 0.497 e. The van der Waals surface area contributed by atoms with E-state index in [-0.39, 0.29) is 18.1 Å². The molecule has 184 valence electrons. The number of carbonyl (C=O) groups excluding carboxylic acids is 1. The number of aliphatic carboxylic acids is 1. The van der Waals surface area contributed by atoms with Gasteiger partial charge in [-0.25, -0.2) is 14.8 Å². The summed E-state index contributed by atoms with van der Waals surface area (Å²) in [6.07, 6.45) is 1.56. The first-order valence-corrected chi connectivity index (χ1v) is 10.5. The van der Waals surface area contributed by atoms with Crippen molar-refractivity contribution < 1.29 is 37.3 Å². The molecular formula is C22H25F3N4O5. The molecule has 2 aliphatic heterocycles. The fourth-order valence-electron chi connectivity index (χ4n) is 3.79. The molecule has 4 rings (SSSR count). The molecule has 12 heteroatoms. The zero-order valence-corrected chi connectivity index (χ0v) is 18.5. The number of methoxy groups -OCH3 is 1. The lowest BCUT2D eigenvalue weighted by Gasteiger charge is -2.46. The van der Waals surface area contributed by atoms with E-state index in [0.717, 1.165) is 43.9 Å². The molecule has 0 aliphatic carbocycles. The fourth-order valence-corrected chi connectivity index (χ4v) is 3.79. The van der Waals surface area contributed by atoms with E-state index in [1.807, 2.05) is 12.1 Å². The van der Waals surface area contributed by atoms with Gasteiger partial charge in [0.15, 0.2) is 0 Å². The fraction of sp³-hybridized carbons (Fsp3) is 0.455. The highest BCUT2D eigenvalue weighted by Crippen LogP contribution is 2.33. The van der Waals surface area contributed by atoms with Gasteiger partial charge in [0.25, 0.3) is 5.91 Å². The van der Waals surface area contributed by atoms with Crippen molar-refractivity contribution in [1.82, 2.24) is 14.9 Å². The molecule has 0 bridgehead atoms. The molecule has 1 N–H and O–H groups in total. The molecule has 34 heavy (non-hydrogen) atoms. The lowest BCUT2D eigenvalue weighted by molar-refractivity contribution is -0.192. The van der Waals surface area contributed by atoms with Gasteiger partial charge < -0.3 is 19.5 Å². The molecule has 2 saturated heterocycles. The number of benzene rings is 1. The van der Waals surface area contributed by atoms with Crippen LogP contribution in [-0.2, 0) is 20.9 Å². The number of halogens is 3. The van der Waals surface area contributed by atoms with Crippen LogP contribution in [0.25, 0.3) is 0 Å². The van der Waals surface area contributed by atoms with E-state index in [1.54, 1.807) is 24.4 Å². The molecule has 1 amide bonds. The zero-order chi connectivity index (χ0) is 24.8. The zero-order valence-electron chi connectivity index (χ0n) is 18.5. The molecule has 2 aromatic rings. The SMILES string of the molecule is COc1ccc(CN2CCC3(CC2)CN(c2cncnc2)C(=O)CO3)cc1.O=C(O)C(F)(F)F. The summed E-state index contributed by atoms with van der Waals surface area (Å²) in [7, 11) is 1.68. The molecule has 0 saturated carbocycles. The van der Waals surface area contributed by atoms with Crippen LogP contribution >= 0.6 is 0 Å². The Morgan fingerprint density at radius 3 is 2.29 bits per heavy atom. The number of carboxylic acids is 1. The molecule has 2 aliphatic rings. The normalized spacial score (nSPS) is 18.2. The third-order valence-corrected chi connectivity index (χ3v) is 5.68. The van der Waals surface area contributed by atoms with Crippen molar-refractivity contribution in [3.05, 3.63) is 48.5 Å². The number of piperidine rings is 1. The molecule has 0 unspecified atom stereocenters. The molecule has 0 atom stereocenters. The van der Waals surface area contributed by atoms with E-state index in [1.165, 1.54) is 11.9 Å². The van der Waals surface area contributed by atoms with Crippen molar-refractivity contribution in [3.63, 3.8) is 0 Å². The molecule has 1 aromatic heterocycles. The van der Waals surface area contributed by atoms with E-state index in [0.29, 0.717) is 6.54 Å². The maximum atomic E-state index is 12.3. The predicted octanol–water partition coefficient (Wildman–Crippen LogP) is 2.52. The van der Waals surface area contributed by atoms with Crippen LogP contribution in [0.1, 0.15) is 18.4 Å². The number of morpholine rings is 1. The summed E-state index contributed by atoms with van der Waals surface area (Å²) in [4.78, 5) is 33.5. The van der Waals surface area contributed by atoms with Crippen LogP contribution in [0.4, 0.5) is 18.9 Å². The van der Waals surface area contributed by atoms with E-state index in [2.05, 4.69) is 27.0 Å². The molecular weight excluding hydrogens is 457 g/mol. The molecule has 0 radical (unpaired) electrons. The molecule has 3 heterocycles. The molecule has 1 spiro atoms. The number of likely N-dealkylation sites (tertiary alicyclic amines) is 1. The number of carboxylic acid groups (broad SMARTS) is 1. The Morgan fingerprint density at radius 1 is 1.18 bits per heavy atom. The number of amides is 1. The first-order chi connectivity index (χ1) is 16.1. The Kier molecular flexibility index (Phi) is 8.05. The summed E-state index contributed by atoms with van der Waals surface area (Å²) in [5.74, 6) is -1.91. The highest BCUT2D eigenvalue weighted by atomic mass is 19.4. The number of nitrogens with zero attached hydrogens (tertiary/aromatic N) is 4. The quantitative estimate of drug-likeness (QED) is 0.709. The molecule has 1 aromatic carbocycles. The maximum Gasteiger partial charge on any atom is 0.490 e. The van der Waals surface area contributed by atoms with Crippen LogP contribution in [0.3, 0.4) is 0 Å². The number of aromatic nitrogens is 2. The number of carbonyl (C=O) groups is 2. The Balaban J connectivity index is 0.000000406. The Morgan fingerprint density at radius 2 is 1.76 bits per heavy atom. The lowest BCUT2D eigenvalue weighted by atomic mass is 9.89. The summed E-state index contributed by atoms with van der Waals surface area (Å²) in [6.45, 7) is 3.48. The number of rotatable bonds is 4. The van der Waals surface area contributed by atoms with Gasteiger partial charge in [0.05, 0.1) is 37.3 Å². The van der Waals surface area contributed by atoms with E-state index in [9.17, 15) is 18.0 Å². The standard InChI is InChI=1S/C20H24N4O3.C2HF3O2/c1-26-18-4-2-16(3-5-18)12-23-8-6-20(7-9-23)14-24(19(25)13-27-20)17-10-21-15-22-11-17;3-2(4,5)1(6)7/h2-5,10-11,15H,6-9,12-14H2,1H3;(H,6,7). The Bertz CT molecular complexity index is 965. The van der Waals surface area contributed by atoms with Gasteiger partial charge in [-0.2, -0.15) is 13.2 Å². The average molecular weight is 482 g/mol. The number of ether oxygens (including phenoxy) is 2. The van der Waals surface area contributed by atoms with Gasteiger partial charge in [0.2, 0.25) is 0 Å². The summed E-state index contributed by atoms with van der Waals surface area (Å²) < 4.78 is 43.0. The van der Waals surface area contributed by atoms with Crippen molar-refractivity contribution in [1.29, 1.82) is 0 Å². The second-order valence-electron chi connectivity index (χ2n) is 7.98. The van der Waals surface area contributed by atoms with Crippen molar-refractivity contribution in [2.75, 3.05) is 38.3 Å².